The van der Waals surface area contributed by atoms with Crippen LogP contribution in [0.25, 0.3) is 0 Å². The number of imidazole rings is 1. The summed E-state index contributed by atoms with van der Waals surface area (Å²) in [5.41, 5.74) is 5.22. The first-order chi connectivity index (χ1) is 3.72. The van der Waals surface area contributed by atoms with Crippen LogP contribution in [0.4, 0.5) is 5.95 Å². The number of anilines is 1. The lowest BCUT2D eigenvalue weighted by molar-refractivity contribution is 0.454. The van der Waals surface area contributed by atoms with Gasteiger partial charge in [-0.3, -0.25) is 0 Å². The molecule has 0 radical (unpaired) electrons. The van der Waals surface area contributed by atoms with Gasteiger partial charge in [0.05, 0.1) is 29.1 Å². The molecule has 0 atom stereocenters. The van der Waals surface area contributed by atoms with Crippen LogP contribution in [0.3, 0.4) is 0 Å². The van der Waals surface area contributed by atoms with Gasteiger partial charge >= 0.3 is 0 Å². The fraction of sp³-hybridized carbons (Fsp3) is 0. The van der Waals surface area contributed by atoms with Crippen molar-refractivity contribution in [2.24, 2.45) is 0 Å². The number of nitrogens with zero attached hydrogens (tertiary/aromatic N) is 2. The predicted octanol–water partition coefficient (Wildman–Crippen LogP) is 0.369. The first-order valence-electron chi connectivity index (χ1n) is 1.90. The normalized spacial score (nSPS) is 9.62. The number of hydrogen-bond acceptors (Lipinski definition) is 3. The van der Waals surface area contributed by atoms with Gasteiger partial charge in [0.15, 0.2) is 0 Å². The molecule has 0 aromatic carbocycles. The molecule has 0 spiro atoms. The summed E-state index contributed by atoms with van der Waals surface area (Å²) in [7, 11) is 0. The number of hydrogen-bond donors (Lipinski definition) is 2. The van der Waals surface area contributed by atoms with Crippen molar-refractivity contribution in [3.8, 4) is 5.88 Å². The molecule has 1 rings (SSSR count). The lowest BCUT2D eigenvalue weighted by Crippen LogP contribution is -1.90. The maximum Gasteiger partial charge on any atom is 0.222 e. The molecule has 8 heavy (non-hydrogen) atoms. The Balaban J connectivity index is 3.19. The predicted molar refractivity (Wildman–Crippen MR) is 37.7 cm³/mol. The summed E-state index contributed by atoms with van der Waals surface area (Å²) in [6, 6.07) is 0. The smallest absolute Gasteiger partial charge is 0.222 e. The maximum atomic E-state index is 8.75. The zero-order valence-electron chi connectivity index (χ0n) is 3.87. The second-order valence-electron chi connectivity index (χ2n) is 1.26. The Morgan fingerprint density at radius 3 is 2.62 bits per heavy atom. The van der Waals surface area contributed by atoms with Crippen molar-refractivity contribution in [1.29, 1.82) is 0 Å². The van der Waals surface area contributed by atoms with Gasteiger partial charge in [-0.2, -0.15) is 0 Å². The van der Waals surface area contributed by atoms with Crippen LogP contribution < -0.4 is 5.73 Å². The molecule has 1 aromatic heterocycles. The molecule has 0 aliphatic heterocycles. The van der Waals surface area contributed by atoms with Gasteiger partial charge in [-0.25, -0.2) is 7.76 Å². The minimum Gasteiger partial charge on any atom is -0.493 e. The Hall–Kier alpha value is -0.460. The van der Waals surface area contributed by atoms with E-state index >= 15 is 0 Å². The van der Waals surface area contributed by atoms with Crippen LogP contribution >= 0.6 is 22.9 Å². The molecule has 0 saturated carbocycles. The highest BCUT2D eigenvalue weighted by Crippen LogP contribution is 2.15. The molecule has 0 amide bonds. The summed E-state index contributed by atoms with van der Waals surface area (Å²) in [6.07, 6.45) is 1.29. The highest BCUT2D eigenvalue weighted by Gasteiger charge is 1.98. The fourth-order valence-corrected chi connectivity index (χ4v) is 0.592. The summed E-state index contributed by atoms with van der Waals surface area (Å²) in [5.74, 6) is 0.381. The molecule has 0 unspecified atom stereocenters. The first kappa shape index (κ1) is 5.67. The van der Waals surface area contributed by atoms with Crippen molar-refractivity contribution in [2.45, 2.75) is 0 Å². The molecular formula is C3H4IN3O. The number of nitrogens with two attached hydrogens (primary N) is 1. The van der Waals surface area contributed by atoms with Crippen LogP contribution in [0.2, 0.25) is 0 Å². The average Bonchev–Trinajstić information content (AvgIpc) is 1.98. The molecule has 0 aliphatic rings. The van der Waals surface area contributed by atoms with Crippen LogP contribution in [0, 0.1) is 0 Å². The number of aromatic hydroxyl groups is 1. The first-order valence-corrected chi connectivity index (χ1v) is 2.86. The third-order valence-electron chi connectivity index (χ3n) is 0.715. The molecule has 4 nitrogen and oxygen atoms in total. The van der Waals surface area contributed by atoms with Crippen molar-refractivity contribution >= 4 is 28.8 Å². The van der Waals surface area contributed by atoms with E-state index in [1.807, 2.05) is 22.9 Å². The maximum absolute atomic E-state index is 8.75. The van der Waals surface area contributed by atoms with Gasteiger partial charge in [-0.1, -0.05) is 0 Å². The molecule has 0 aliphatic carbocycles. The van der Waals surface area contributed by atoms with Crippen LogP contribution in [-0.2, 0) is 0 Å². The number of nitrogen functional groups attached to an aromatic ring is 1. The third kappa shape index (κ3) is 0.726. The van der Waals surface area contributed by atoms with E-state index in [9.17, 15) is 0 Å². The summed E-state index contributed by atoms with van der Waals surface area (Å²) >= 11 is 1.84. The topological polar surface area (TPSA) is 64.1 Å². The van der Waals surface area contributed by atoms with Gasteiger partial charge in [0.25, 0.3) is 0 Å². The monoisotopic (exact) mass is 225 g/mol. The standard InChI is InChI=1S/C3H4IN3O/c4-7-2(8)1-6-3(7)5/h1,8H,(H2,5,6). The number of rotatable bonds is 0. The van der Waals surface area contributed by atoms with E-state index in [-0.39, 0.29) is 5.88 Å². The van der Waals surface area contributed by atoms with Gasteiger partial charge < -0.3 is 10.8 Å². The van der Waals surface area contributed by atoms with E-state index in [1.54, 1.807) is 0 Å². The highest BCUT2D eigenvalue weighted by molar-refractivity contribution is 14.1. The molecule has 0 bridgehead atoms. The van der Waals surface area contributed by atoms with E-state index in [0.29, 0.717) is 5.95 Å². The van der Waals surface area contributed by atoms with Crippen LogP contribution in [-0.4, -0.2) is 12.9 Å². The average molecular weight is 225 g/mol. The zero-order chi connectivity index (χ0) is 6.15. The quantitative estimate of drug-likeness (QED) is 0.627. The van der Waals surface area contributed by atoms with Crippen molar-refractivity contribution < 1.29 is 5.11 Å². The molecular weight excluding hydrogens is 221 g/mol. The van der Waals surface area contributed by atoms with E-state index in [0.717, 1.165) is 0 Å². The van der Waals surface area contributed by atoms with Gasteiger partial charge in [-0.05, 0) is 0 Å². The van der Waals surface area contributed by atoms with Crippen molar-refractivity contribution in [1.82, 2.24) is 7.76 Å². The number of aromatic nitrogens is 2. The highest BCUT2D eigenvalue weighted by atomic mass is 127. The van der Waals surface area contributed by atoms with Crippen molar-refractivity contribution in [3.63, 3.8) is 0 Å². The Labute approximate surface area is 59.8 Å². The largest absolute Gasteiger partial charge is 0.493 e. The molecule has 1 heterocycles. The van der Waals surface area contributed by atoms with Gasteiger partial charge in [0.1, 0.15) is 0 Å². The van der Waals surface area contributed by atoms with Crippen molar-refractivity contribution in [2.75, 3.05) is 5.73 Å². The third-order valence-corrected chi connectivity index (χ3v) is 1.70. The lowest BCUT2D eigenvalue weighted by atomic mass is 10.9. The molecule has 5 heteroatoms. The summed E-state index contributed by atoms with van der Waals surface area (Å²) in [4.78, 5) is 3.60. The minimum absolute atomic E-state index is 0.0723. The Bertz CT molecular complexity index is 177. The summed E-state index contributed by atoms with van der Waals surface area (Å²) in [5, 5.41) is 8.75. The van der Waals surface area contributed by atoms with E-state index in [4.69, 9.17) is 10.8 Å². The molecule has 3 N–H and O–H groups in total. The zero-order valence-corrected chi connectivity index (χ0v) is 6.03. The Kier molecular flexibility index (Phi) is 1.28. The Morgan fingerprint density at radius 1 is 1.88 bits per heavy atom. The summed E-state index contributed by atoms with van der Waals surface area (Å²) in [6.45, 7) is 0. The van der Waals surface area contributed by atoms with Gasteiger partial charge in [-0.15, -0.1) is 0 Å². The minimum atomic E-state index is 0.0723. The van der Waals surface area contributed by atoms with E-state index in [2.05, 4.69) is 4.98 Å². The second kappa shape index (κ2) is 1.81. The van der Waals surface area contributed by atoms with Gasteiger partial charge in [0, 0.05) is 0 Å². The molecule has 44 valence electrons. The van der Waals surface area contributed by atoms with E-state index < -0.39 is 0 Å². The number of halogens is 1. The molecule has 0 saturated heterocycles. The second-order valence-corrected chi connectivity index (χ2v) is 2.22. The summed E-state index contributed by atoms with van der Waals surface area (Å²) < 4.78 is 1.36. The SMILES string of the molecule is Nc1ncc(O)n1I. The van der Waals surface area contributed by atoms with Crippen LogP contribution in [0.1, 0.15) is 0 Å². The molecule has 0 fully saturated rings. The van der Waals surface area contributed by atoms with E-state index in [1.165, 1.54) is 8.98 Å². The van der Waals surface area contributed by atoms with Crippen molar-refractivity contribution in [3.05, 3.63) is 6.20 Å². The Morgan fingerprint density at radius 2 is 2.50 bits per heavy atom. The lowest BCUT2D eigenvalue weighted by Gasteiger charge is -1.88. The van der Waals surface area contributed by atoms with Gasteiger partial charge in [0.2, 0.25) is 11.8 Å². The van der Waals surface area contributed by atoms with Crippen LogP contribution in [0.5, 0.6) is 5.88 Å². The van der Waals surface area contributed by atoms with Crippen LogP contribution in [0.15, 0.2) is 6.20 Å². The fourth-order valence-electron chi connectivity index (χ4n) is 0.343. The molecule has 1 aromatic rings.